The van der Waals surface area contributed by atoms with Gasteiger partial charge < -0.3 is 9.47 Å². The lowest BCUT2D eigenvalue weighted by Crippen LogP contribution is -2.40. The predicted molar refractivity (Wildman–Crippen MR) is 116 cm³/mol. The Kier molecular flexibility index (Phi) is 4.30. The van der Waals surface area contributed by atoms with Crippen molar-refractivity contribution in [2.75, 3.05) is 12.0 Å². The van der Waals surface area contributed by atoms with E-state index in [-0.39, 0.29) is 46.8 Å². The molecule has 0 N–H and O–H groups in total. The molecule has 1 aliphatic heterocycles. The summed E-state index contributed by atoms with van der Waals surface area (Å²) in [6, 6.07) is 12.4. The lowest BCUT2D eigenvalue weighted by atomic mass is 9.63. The monoisotopic (exact) mass is 443 g/mol. The fourth-order valence-electron chi connectivity index (χ4n) is 5.93. The molecule has 4 aliphatic carbocycles. The molecule has 166 valence electrons. The molecule has 2 aromatic rings. The Labute approximate surface area is 190 Å². The normalized spacial score (nSPS) is 30.6. The van der Waals surface area contributed by atoms with Crippen LogP contribution < -0.4 is 9.64 Å². The number of allylic oxidation sites excluding steroid dienone is 2. The molecule has 1 saturated heterocycles. The van der Waals surface area contributed by atoms with Gasteiger partial charge >= 0.3 is 11.9 Å². The molecule has 2 saturated carbocycles. The second-order valence-corrected chi connectivity index (χ2v) is 9.12. The lowest BCUT2D eigenvalue weighted by Gasteiger charge is -2.37. The Bertz CT molecular complexity index is 1200. The number of methoxy groups -OCH3 is 1. The Morgan fingerprint density at radius 2 is 1.48 bits per heavy atom. The zero-order valence-electron chi connectivity index (χ0n) is 17.8. The Morgan fingerprint density at radius 3 is 2.09 bits per heavy atom. The van der Waals surface area contributed by atoms with Gasteiger partial charge in [-0.3, -0.25) is 9.59 Å². The first-order valence-electron chi connectivity index (χ1n) is 11.0. The largest absolute Gasteiger partial charge is 0.465 e. The molecule has 0 spiro atoms. The van der Waals surface area contributed by atoms with Crippen molar-refractivity contribution < 1.29 is 28.7 Å². The first-order valence-corrected chi connectivity index (χ1v) is 11.0. The number of carbonyl (C=O) groups is 4. The maximum absolute atomic E-state index is 13.3. The number of anilines is 1. The van der Waals surface area contributed by atoms with E-state index in [0.717, 1.165) is 6.42 Å². The summed E-state index contributed by atoms with van der Waals surface area (Å²) in [4.78, 5) is 52.1. The van der Waals surface area contributed by atoms with Gasteiger partial charge in [-0.05, 0) is 72.6 Å². The number of rotatable bonds is 4. The topological polar surface area (TPSA) is 90.0 Å². The number of nitrogens with zero attached hydrogens (tertiary/aromatic N) is 1. The molecule has 0 aromatic heterocycles. The van der Waals surface area contributed by atoms with Crippen LogP contribution in [0.2, 0.25) is 0 Å². The second kappa shape index (κ2) is 7.13. The summed E-state index contributed by atoms with van der Waals surface area (Å²) in [5.41, 5.74) is 0.958. The lowest BCUT2D eigenvalue weighted by molar-refractivity contribution is -0.124. The SMILES string of the molecule is COC(=O)c1ccc(OC(=O)c2cccc(N3C(=O)[C@@H]4[C@H]5C=C[C@@H]([C@@H]6C[C@@H]56)[C@H]4C3=O)c2)cc1. The summed E-state index contributed by atoms with van der Waals surface area (Å²) >= 11 is 0. The van der Waals surface area contributed by atoms with Crippen LogP contribution in [-0.2, 0) is 14.3 Å². The van der Waals surface area contributed by atoms with Crippen LogP contribution in [-0.4, -0.2) is 30.9 Å². The van der Waals surface area contributed by atoms with E-state index < -0.39 is 11.9 Å². The Morgan fingerprint density at radius 1 is 0.848 bits per heavy atom. The number of hydrogen-bond donors (Lipinski definition) is 0. The molecule has 0 unspecified atom stereocenters. The molecule has 1 heterocycles. The maximum atomic E-state index is 13.3. The molecule has 2 bridgehead atoms. The van der Waals surface area contributed by atoms with Crippen LogP contribution in [0.1, 0.15) is 27.1 Å². The quantitative estimate of drug-likeness (QED) is 0.312. The number of esters is 2. The van der Waals surface area contributed by atoms with Gasteiger partial charge in [-0.1, -0.05) is 18.2 Å². The first kappa shape index (κ1) is 19.9. The van der Waals surface area contributed by atoms with Gasteiger partial charge in [0.2, 0.25) is 11.8 Å². The van der Waals surface area contributed by atoms with E-state index in [1.165, 1.54) is 42.3 Å². The molecular weight excluding hydrogens is 422 g/mol. The Balaban J connectivity index is 1.23. The number of benzene rings is 2. The van der Waals surface area contributed by atoms with Crippen LogP contribution in [0.25, 0.3) is 0 Å². The van der Waals surface area contributed by atoms with Crippen molar-refractivity contribution in [2.45, 2.75) is 6.42 Å². The summed E-state index contributed by atoms with van der Waals surface area (Å²) in [5, 5.41) is 0. The van der Waals surface area contributed by atoms with Crippen molar-refractivity contribution in [3.8, 4) is 5.75 Å². The maximum Gasteiger partial charge on any atom is 0.343 e. The summed E-state index contributed by atoms with van der Waals surface area (Å²) in [7, 11) is 1.29. The molecule has 6 atom stereocenters. The van der Waals surface area contributed by atoms with E-state index >= 15 is 0 Å². The van der Waals surface area contributed by atoms with Gasteiger partial charge in [0.25, 0.3) is 0 Å². The van der Waals surface area contributed by atoms with E-state index in [0.29, 0.717) is 23.1 Å². The van der Waals surface area contributed by atoms with Crippen LogP contribution in [0.5, 0.6) is 5.75 Å². The highest BCUT2D eigenvalue weighted by Gasteiger charge is 2.67. The van der Waals surface area contributed by atoms with E-state index in [1.54, 1.807) is 18.2 Å². The van der Waals surface area contributed by atoms with Gasteiger partial charge in [0.1, 0.15) is 5.75 Å². The molecule has 0 radical (unpaired) electrons. The van der Waals surface area contributed by atoms with E-state index in [1.807, 2.05) is 0 Å². The summed E-state index contributed by atoms with van der Waals surface area (Å²) in [6.45, 7) is 0. The van der Waals surface area contributed by atoms with Crippen LogP contribution in [0.3, 0.4) is 0 Å². The third-order valence-electron chi connectivity index (χ3n) is 7.49. The van der Waals surface area contributed by atoms with Crippen LogP contribution in [0.4, 0.5) is 5.69 Å². The molecule has 7 heteroatoms. The van der Waals surface area contributed by atoms with E-state index in [9.17, 15) is 19.2 Å². The van der Waals surface area contributed by atoms with Crippen LogP contribution in [0.15, 0.2) is 60.7 Å². The van der Waals surface area contributed by atoms with Crippen molar-refractivity contribution >= 4 is 29.4 Å². The first-order chi connectivity index (χ1) is 16.0. The summed E-state index contributed by atoms with van der Waals surface area (Å²) < 4.78 is 10.1. The van der Waals surface area contributed by atoms with Gasteiger partial charge in [0.05, 0.1) is 35.8 Å². The highest BCUT2D eigenvalue weighted by Crippen LogP contribution is 2.65. The zero-order valence-corrected chi connectivity index (χ0v) is 17.8. The number of ether oxygens (including phenoxy) is 2. The number of carbonyl (C=O) groups excluding carboxylic acids is 4. The smallest absolute Gasteiger partial charge is 0.343 e. The molecule has 3 fully saturated rings. The molecule has 7 rings (SSSR count). The van der Waals surface area contributed by atoms with Gasteiger partial charge in [0.15, 0.2) is 0 Å². The molecular formula is C26H21NO6. The number of hydrogen-bond acceptors (Lipinski definition) is 6. The average molecular weight is 443 g/mol. The van der Waals surface area contributed by atoms with Crippen molar-refractivity contribution in [1.29, 1.82) is 0 Å². The third-order valence-corrected chi connectivity index (χ3v) is 7.49. The van der Waals surface area contributed by atoms with E-state index in [2.05, 4.69) is 16.9 Å². The zero-order chi connectivity index (χ0) is 22.9. The molecule has 2 aromatic carbocycles. The van der Waals surface area contributed by atoms with Crippen molar-refractivity contribution in [3.05, 3.63) is 71.8 Å². The minimum atomic E-state index is -0.623. The molecule has 5 aliphatic rings. The van der Waals surface area contributed by atoms with Gasteiger partial charge in [-0.2, -0.15) is 0 Å². The second-order valence-electron chi connectivity index (χ2n) is 9.12. The summed E-state index contributed by atoms with van der Waals surface area (Å²) in [6.07, 6.45) is 5.37. The van der Waals surface area contributed by atoms with Gasteiger partial charge in [-0.25, -0.2) is 14.5 Å². The molecule has 33 heavy (non-hydrogen) atoms. The van der Waals surface area contributed by atoms with Crippen molar-refractivity contribution in [3.63, 3.8) is 0 Å². The number of amides is 2. The highest BCUT2D eigenvalue weighted by atomic mass is 16.5. The molecule has 2 amide bonds. The van der Waals surface area contributed by atoms with Crippen LogP contribution >= 0.6 is 0 Å². The van der Waals surface area contributed by atoms with E-state index in [4.69, 9.17) is 4.74 Å². The van der Waals surface area contributed by atoms with Crippen LogP contribution in [0, 0.1) is 35.5 Å². The average Bonchev–Trinajstić information content (AvgIpc) is 3.62. The van der Waals surface area contributed by atoms with Gasteiger partial charge in [0, 0.05) is 0 Å². The fraction of sp³-hybridized carbons (Fsp3) is 0.308. The fourth-order valence-corrected chi connectivity index (χ4v) is 5.93. The minimum Gasteiger partial charge on any atom is -0.465 e. The van der Waals surface area contributed by atoms with Gasteiger partial charge in [-0.15, -0.1) is 0 Å². The van der Waals surface area contributed by atoms with Crippen molar-refractivity contribution in [2.24, 2.45) is 35.5 Å². The highest BCUT2D eigenvalue weighted by molar-refractivity contribution is 6.23. The third kappa shape index (κ3) is 2.95. The number of imide groups is 1. The minimum absolute atomic E-state index is 0.146. The summed E-state index contributed by atoms with van der Waals surface area (Å²) in [5.74, 6) is -0.407. The molecule has 7 nitrogen and oxygen atoms in total. The predicted octanol–water partition coefficient (Wildman–Crippen LogP) is 3.25. The van der Waals surface area contributed by atoms with Crippen molar-refractivity contribution in [1.82, 2.24) is 0 Å². The standard InChI is InChI=1S/C26H21NO6/c1-32-25(30)13-5-7-16(8-6-13)33-26(31)14-3-2-4-15(11-14)27-23(28)21-17-9-10-18(20-12-19(17)20)22(21)24(27)29/h2-11,17-22H,12H2,1H3/t17-,18-,19-,20-,21+,22+/m0/s1. The Hall–Kier alpha value is -3.74.